The van der Waals surface area contributed by atoms with Crippen LogP contribution >= 0.6 is 0 Å². The monoisotopic (exact) mass is 389 g/mol. The molecule has 2 fully saturated rings. The Bertz CT molecular complexity index is 688. The summed E-state index contributed by atoms with van der Waals surface area (Å²) in [5.41, 5.74) is 1.86. The molecule has 1 heterocycles. The van der Waals surface area contributed by atoms with Crippen LogP contribution < -0.4 is 10.4 Å². The van der Waals surface area contributed by atoms with Gasteiger partial charge in [0.05, 0.1) is 17.4 Å². The predicted molar refractivity (Wildman–Crippen MR) is 106 cm³/mol. The Hall–Kier alpha value is -2.12. The van der Waals surface area contributed by atoms with Gasteiger partial charge in [-0.05, 0) is 37.3 Å². The highest BCUT2D eigenvalue weighted by Crippen LogP contribution is 2.41. The van der Waals surface area contributed by atoms with Crippen molar-refractivity contribution in [2.75, 3.05) is 31.1 Å². The number of amides is 2. The van der Waals surface area contributed by atoms with Crippen molar-refractivity contribution in [1.82, 2.24) is 10.4 Å². The van der Waals surface area contributed by atoms with E-state index in [-0.39, 0.29) is 18.2 Å². The van der Waals surface area contributed by atoms with Gasteiger partial charge in [-0.2, -0.15) is 0 Å². The number of hydrogen-bond donors (Lipinski definition) is 3. The molecule has 3 rings (SSSR count). The van der Waals surface area contributed by atoms with Crippen molar-refractivity contribution >= 4 is 17.5 Å². The molecule has 1 aromatic carbocycles. The van der Waals surface area contributed by atoms with Crippen molar-refractivity contribution in [2.45, 2.75) is 38.7 Å². The zero-order valence-corrected chi connectivity index (χ0v) is 16.7. The molecular formula is C21H31N3O4. The van der Waals surface area contributed by atoms with Gasteiger partial charge in [0.15, 0.2) is 0 Å². The van der Waals surface area contributed by atoms with Crippen molar-refractivity contribution in [3.8, 4) is 0 Å². The van der Waals surface area contributed by atoms with E-state index < -0.39 is 23.3 Å². The number of para-hydroxylation sites is 1. The molecule has 0 bridgehead atoms. The smallest absolute Gasteiger partial charge is 0.247 e. The second-order valence-electron chi connectivity index (χ2n) is 8.34. The standard InChI is InChI=1S/C21H31N3O4/c1-15(2)21(27)9-8-17(18(14-21)19(25)22-28)20(26)24-12-10-23(11-13-24)16-6-4-3-5-7-16/h3-7,15,17-18,27-28H,8-14H2,1-2H3,(H,22,25). The second kappa shape index (κ2) is 8.49. The number of hydroxylamine groups is 1. The van der Waals surface area contributed by atoms with Gasteiger partial charge in [0.2, 0.25) is 11.8 Å². The van der Waals surface area contributed by atoms with Crippen LogP contribution in [0, 0.1) is 17.8 Å². The molecule has 3 unspecified atom stereocenters. The summed E-state index contributed by atoms with van der Waals surface area (Å²) in [7, 11) is 0. The summed E-state index contributed by atoms with van der Waals surface area (Å²) in [5, 5.41) is 20.0. The van der Waals surface area contributed by atoms with E-state index in [9.17, 15) is 14.7 Å². The lowest BCUT2D eigenvalue weighted by Gasteiger charge is -2.44. The summed E-state index contributed by atoms with van der Waals surface area (Å²) >= 11 is 0. The third kappa shape index (κ3) is 4.15. The van der Waals surface area contributed by atoms with Crippen molar-refractivity contribution in [1.29, 1.82) is 0 Å². The average Bonchev–Trinajstić information content (AvgIpc) is 2.73. The maximum atomic E-state index is 13.2. The summed E-state index contributed by atoms with van der Waals surface area (Å²) in [6.07, 6.45) is 1.13. The van der Waals surface area contributed by atoms with E-state index in [1.54, 1.807) is 5.48 Å². The Labute approximate surface area is 166 Å². The fraction of sp³-hybridized carbons (Fsp3) is 0.619. The first kappa shape index (κ1) is 20.6. The third-order valence-electron chi connectivity index (χ3n) is 6.50. The molecule has 1 aliphatic carbocycles. The fourth-order valence-electron chi connectivity index (χ4n) is 4.47. The topological polar surface area (TPSA) is 93.1 Å². The van der Waals surface area contributed by atoms with Crippen molar-refractivity contribution in [3.05, 3.63) is 30.3 Å². The number of aliphatic hydroxyl groups is 1. The van der Waals surface area contributed by atoms with E-state index in [1.807, 2.05) is 36.9 Å². The summed E-state index contributed by atoms with van der Waals surface area (Å²) in [5.74, 6) is -1.88. The van der Waals surface area contributed by atoms with Crippen LogP contribution in [0.15, 0.2) is 30.3 Å². The van der Waals surface area contributed by atoms with E-state index in [4.69, 9.17) is 5.21 Å². The van der Waals surface area contributed by atoms with E-state index >= 15 is 0 Å². The number of nitrogens with one attached hydrogen (secondary N) is 1. The first-order valence-corrected chi connectivity index (χ1v) is 10.1. The first-order chi connectivity index (χ1) is 13.4. The molecule has 7 heteroatoms. The van der Waals surface area contributed by atoms with E-state index in [0.29, 0.717) is 25.9 Å². The first-order valence-electron chi connectivity index (χ1n) is 10.1. The van der Waals surface area contributed by atoms with Crippen molar-refractivity contribution < 1.29 is 19.9 Å². The lowest BCUT2D eigenvalue weighted by molar-refractivity contribution is -0.155. The molecule has 7 nitrogen and oxygen atoms in total. The van der Waals surface area contributed by atoms with E-state index in [0.717, 1.165) is 18.8 Å². The number of carbonyl (C=O) groups is 2. The maximum Gasteiger partial charge on any atom is 0.247 e. The van der Waals surface area contributed by atoms with Crippen LogP contribution in [0.25, 0.3) is 0 Å². The van der Waals surface area contributed by atoms with E-state index in [1.165, 1.54) is 0 Å². The third-order valence-corrected chi connectivity index (χ3v) is 6.50. The van der Waals surface area contributed by atoms with Crippen LogP contribution in [-0.2, 0) is 9.59 Å². The summed E-state index contributed by atoms with van der Waals surface area (Å²) in [6.45, 7) is 6.53. The van der Waals surface area contributed by atoms with Gasteiger partial charge in [-0.1, -0.05) is 32.0 Å². The number of hydrogen-bond acceptors (Lipinski definition) is 5. The lowest BCUT2D eigenvalue weighted by Crippen LogP contribution is -2.55. The Morgan fingerprint density at radius 2 is 1.75 bits per heavy atom. The van der Waals surface area contributed by atoms with Gasteiger partial charge in [-0.25, -0.2) is 5.48 Å². The van der Waals surface area contributed by atoms with Crippen molar-refractivity contribution in [3.63, 3.8) is 0 Å². The van der Waals surface area contributed by atoms with Gasteiger partial charge in [-0.15, -0.1) is 0 Å². The number of benzene rings is 1. The highest BCUT2D eigenvalue weighted by molar-refractivity contribution is 5.87. The molecule has 1 aromatic rings. The molecule has 3 N–H and O–H groups in total. The number of piperazine rings is 1. The molecule has 3 atom stereocenters. The van der Waals surface area contributed by atoms with Crippen LogP contribution in [0.4, 0.5) is 5.69 Å². The quantitative estimate of drug-likeness (QED) is 0.538. The SMILES string of the molecule is CC(C)C1(O)CCC(C(=O)N2CCN(c3ccccc3)CC2)C(C(=O)NO)C1. The van der Waals surface area contributed by atoms with Gasteiger partial charge in [0.1, 0.15) is 0 Å². The molecule has 1 aliphatic heterocycles. The Balaban J connectivity index is 1.67. The number of anilines is 1. The minimum Gasteiger partial charge on any atom is -0.390 e. The molecule has 0 spiro atoms. The maximum absolute atomic E-state index is 13.2. The van der Waals surface area contributed by atoms with Crippen LogP contribution in [0.5, 0.6) is 0 Å². The molecule has 1 saturated heterocycles. The van der Waals surface area contributed by atoms with Gasteiger partial charge in [0.25, 0.3) is 0 Å². The van der Waals surface area contributed by atoms with Gasteiger partial charge >= 0.3 is 0 Å². The minimum absolute atomic E-state index is 0.0213. The number of carbonyl (C=O) groups excluding carboxylic acids is 2. The fourth-order valence-corrected chi connectivity index (χ4v) is 4.47. The molecule has 154 valence electrons. The Morgan fingerprint density at radius 3 is 2.32 bits per heavy atom. The van der Waals surface area contributed by atoms with Gasteiger partial charge in [-0.3, -0.25) is 14.8 Å². The second-order valence-corrected chi connectivity index (χ2v) is 8.34. The molecule has 2 amide bonds. The predicted octanol–water partition coefficient (Wildman–Crippen LogP) is 1.64. The average molecular weight is 389 g/mol. The van der Waals surface area contributed by atoms with Crippen LogP contribution in [0.3, 0.4) is 0 Å². The minimum atomic E-state index is -0.986. The summed E-state index contributed by atoms with van der Waals surface area (Å²) in [4.78, 5) is 29.5. The Kier molecular flexibility index (Phi) is 6.25. The molecule has 28 heavy (non-hydrogen) atoms. The normalized spacial score (nSPS) is 28.3. The lowest BCUT2D eigenvalue weighted by atomic mass is 9.67. The summed E-state index contributed by atoms with van der Waals surface area (Å²) < 4.78 is 0. The molecule has 0 radical (unpaired) electrons. The number of nitrogens with zero attached hydrogens (tertiary/aromatic N) is 2. The van der Waals surface area contributed by atoms with Crippen LogP contribution in [-0.4, -0.2) is 58.8 Å². The van der Waals surface area contributed by atoms with Crippen LogP contribution in [0.1, 0.15) is 33.1 Å². The van der Waals surface area contributed by atoms with Gasteiger partial charge in [0, 0.05) is 31.9 Å². The largest absolute Gasteiger partial charge is 0.390 e. The highest BCUT2D eigenvalue weighted by atomic mass is 16.5. The summed E-state index contributed by atoms with van der Waals surface area (Å²) in [6, 6.07) is 10.1. The molecule has 1 saturated carbocycles. The highest BCUT2D eigenvalue weighted by Gasteiger charge is 2.47. The zero-order chi connectivity index (χ0) is 20.3. The van der Waals surface area contributed by atoms with E-state index in [2.05, 4.69) is 17.0 Å². The number of rotatable bonds is 4. The molecular weight excluding hydrogens is 358 g/mol. The molecule has 0 aromatic heterocycles. The molecule has 2 aliphatic rings. The Morgan fingerprint density at radius 1 is 1.11 bits per heavy atom. The zero-order valence-electron chi connectivity index (χ0n) is 16.7. The van der Waals surface area contributed by atoms with Crippen LogP contribution in [0.2, 0.25) is 0 Å². The van der Waals surface area contributed by atoms with Crippen molar-refractivity contribution in [2.24, 2.45) is 17.8 Å². The van der Waals surface area contributed by atoms with Gasteiger partial charge < -0.3 is 14.9 Å².